The maximum atomic E-state index is 12.7. The minimum atomic E-state index is -0.404. The lowest BCUT2D eigenvalue weighted by atomic mass is 10.2. The largest absolute Gasteiger partial charge is 0.494 e. The summed E-state index contributed by atoms with van der Waals surface area (Å²) in [4.78, 5) is 25.3. The van der Waals surface area contributed by atoms with Gasteiger partial charge in [-0.3, -0.25) is 14.9 Å². The molecule has 8 nitrogen and oxygen atoms in total. The molecule has 190 valence electrons. The standard InChI is InChI=1S/C28H27N3O5S/c1-4-17(2)35-21-12-9-18(10-13-21)26(32)31-28(37)29-20-11-14-22(24(16-20)34-3)30-27(33)25-15-19-7-5-6-8-23(19)36-25/h5-17H,4H2,1-3H3,(H,30,33)(H2,29,31,32,37)/t17-/m0/s1. The molecule has 2 amide bonds. The molecule has 0 aliphatic heterocycles. The first-order valence-electron chi connectivity index (χ1n) is 11.7. The molecular formula is C28H27N3O5S. The summed E-state index contributed by atoms with van der Waals surface area (Å²) >= 11 is 5.30. The SMILES string of the molecule is CC[C@H](C)Oc1ccc(C(=O)NC(=S)Nc2ccc(NC(=O)c3cc4ccccc4o3)c(OC)c2)cc1. The van der Waals surface area contributed by atoms with Crippen LogP contribution in [0.5, 0.6) is 11.5 Å². The molecule has 1 heterocycles. The average molecular weight is 518 g/mol. The second-order valence-corrected chi connectivity index (χ2v) is 8.70. The van der Waals surface area contributed by atoms with E-state index in [0.29, 0.717) is 34.0 Å². The number of benzene rings is 3. The van der Waals surface area contributed by atoms with Gasteiger partial charge < -0.3 is 24.5 Å². The van der Waals surface area contributed by atoms with E-state index in [1.807, 2.05) is 32.0 Å². The number of anilines is 2. The summed E-state index contributed by atoms with van der Waals surface area (Å²) < 4.78 is 16.8. The van der Waals surface area contributed by atoms with Crippen molar-refractivity contribution in [2.24, 2.45) is 0 Å². The Morgan fingerprint density at radius 1 is 0.973 bits per heavy atom. The van der Waals surface area contributed by atoms with Crippen LogP contribution in [0.4, 0.5) is 11.4 Å². The van der Waals surface area contributed by atoms with Crippen LogP contribution >= 0.6 is 12.2 Å². The van der Waals surface area contributed by atoms with Crippen molar-refractivity contribution in [1.82, 2.24) is 5.32 Å². The molecule has 0 fully saturated rings. The van der Waals surface area contributed by atoms with Crippen molar-refractivity contribution in [1.29, 1.82) is 0 Å². The van der Waals surface area contributed by atoms with E-state index in [1.54, 1.807) is 54.6 Å². The smallest absolute Gasteiger partial charge is 0.291 e. The summed E-state index contributed by atoms with van der Waals surface area (Å²) in [5.74, 6) is 0.535. The molecule has 0 unspecified atom stereocenters. The van der Waals surface area contributed by atoms with E-state index in [9.17, 15) is 9.59 Å². The highest BCUT2D eigenvalue weighted by Crippen LogP contribution is 2.29. The number of rotatable bonds is 8. The highest BCUT2D eigenvalue weighted by atomic mass is 32.1. The number of ether oxygens (including phenoxy) is 2. The number of furan rings is 1. The van der Waals surface area contributed by atoms with Gasteiger partial charge in [-0.2, -0.15) is 0 Å². The molecule has 9 heteroatoms. The van der Waals surface area contributed by atoms with Crippen molar-refractivity contribution < 1.29 is 23.5 Å². The Labute approximate surface area is 219 Å². The summed E-state index contributed by atoms with van der Waals surface area (Å²) in [6, 6.07) is 21.0. The fourth-order valence-corrected chi connectivity index (χ4v) is 3.70. The second kappa shape index (κ2) is 11.6. The minimum Gasteiger partial charge on any atom is -0.494 e. The normalized spacial score (nSPS) is 11.4. The maximum absolute atomic E-state index is 12.7. The van der Waals surface area contributed by atoms with Crippen LogP contribution in [-0.4, -0.2) is 30.1 Å². The van der Waals surface area contributed by atoms with Gasteiger partial charge in [-0.05, 0) is 74.1 Å². The molecule has 4 rings (SSSR count). The van der Waals surface area contributed by atoms with Crippen LogP contribution in [0.2, 0.25) is 0 Å². The fraction of sp³-hybridized carbons (Fsp3) is 0.179. The Morgan fingerprint density at radius 2 is 1.73 bits per heavy atom. The predicted octanol–water partition coefficient (Wildman–Crippen LogP) is 6.00. The number of carbonyl (C=O) groups is 2. The number of carbonyl (C=O) groups excluding carboxylic acids is 2. The van der Waals surface area contributed by atoms with E-state index < -0.39 is 5.91 Å². The molecule has 0 radical (unpaired) electrons. The third-order valence-electron chi connectivity index (χ3n) is 5.61. The Kier molecular flexibility index (Phi) is 8.05. The predicted molar refractivity (Wildman–Crippen MR) is 148 cm³/mol. The Bertz CT molecular complexity index is 1400. The van der Waals surface area contributed by atoms with Gasteiger partial charge in [-0.15, -0.1) is 0 Å². The first kappa shape index (κ1) is 25.7. The van der Waals surface area contributed by atoms with Gasteiger partial charge in [0.05, 0.1) is 18.9 Å². The summed E-state index contributed by atoms with van der Waals surface area (Å²) in [7, 11) is 1.49. The number of hydrogen-bond donors (Lipinski definition) is 3. The number of thiocarbonyl (C=S) groups is 1. The molecule has 0 spiro atoms. The van der Waals surface area contributed by atoms with Gasteiger partial charge in [-0.1, -0.05) is 25.1 Å². The molecule has 1 atom stereocenters. The zero-order valence-corrected chi connectivity index (χ0v) is 21.5. The number of nitrogens with one attached hydrogen (secondary N) is 3. The average Bonchev–Trinajstić information content (AvgIpc) is 3.34. The van der Waals surface area contributed by atoms with Crippen LogP contribution in [0.25, 0.3) is 11.0 Å². The Balaban J connectivity index is 1.37. The summed E-state index contributed by atoms with van der Waals surface area (Å²) in [5.41, 5.74) is 2.10. The maximum Gasteiger partial charge on any atom is 0.291 e. The van der Waals surface area contributed by atoms with E-state index in [2.05, 4.69) is 16.0 Å². The van der Waals surface area contributed by atoms with Crippen molar-refractivity contribution in [3.05, 3.63) is 84.1 Å². The van der Waals surface area contributed by atoms with Crippen molar-refractivity contribution in [3.8, 4) is 11.5 Å². The van der Waals surface area contributed by atoms with Crippen LogP contribution in [0.3, 0.4) is 0 Å². The summed E-state index contributed by atoms with van der Waals surface area (Å²) in [6.45, 7) is 4.03. The number of hydrogen-bond acceptors (Lipinski definition) is 6. The lowest BCUT2D eigenvalue weighted by Gasteiger charge is -2.14. The first-order valence-corrected chi connectivity index (χ1v) is 12.1. The van der Waals surface area contributed by atoms with E-state index in [4.69, 9.17) is 26.1 Å². The number of amides is 2. The lowest BCUT2D eigenvalue weighted by Crippen LogP contribution is -2.34. The first-order chi connectivity index (χ1) is 17.9. The fourth-order valence-electron chi connectivity index (χ4n) is 3.49. The summed E-state index contributed by atoms with van der Waals surface area (Å²) in [6.07, 6.45) is 0.986. The van der Waals surface area contributed by atoms with Crippen molar-refractivity contribution in [2.45, 2.75) is 26.4 Å². The van der Waals surface area contributed by atoms with Crippen LogP contribution in [0.1, 0.15) is 41.2 Å². The van der Waals surface area contributed by atoms with E-state index in [1.165, 1.54) is 7.11 Å². The van der Waals surface area contributed by atoms with E-state index >= 15 is 0 Å². The van der Waals surface area contributed by atoms with Crippen molar-refractivity contribution in [2.75, 3.05) is 17.7 Å². The molecule has 0 bridgehead atoms. The molecule has 3 aromatic carbocycles. The van der Waals surface area contributed by atoms with Crippen LogP contribution < -0.4 is 25.4 Å². The number of para-hydroxylation sites is 1. The number of methoxy groups -OCH3 is 1. The van der Waals surface area contributed by atoms with Gasteiger partial charge in [0, 0.05) is 22.7 Å². The molecule has 0 aliphatic rings. The molecule has 4 aromatic rings. The van der Waals surface area contributed by atoms with Crippen molar-refractivity contribution in [3.63, 3.8) is 0 Å². The van der Waals surface area contributed by atoms with E-state index in [-0.39, 0.29) is 22.9 Å². The second-order valence-electron chi connectivity index (χ2n) is 8.29. The van der Waals surface area contributed by atoms with Gasteiger partial charge in [0.2, 0.25) is 0 Å². The van der Waals surface area contributed by atoms with Gasteiger partial charge >= 0.3 is 0 Å². The minimum absolute atomic E-state index is 0.0958. The quantitative estimate of drug-likeness (QED) is 0.247. The molecule has 3 N–H and O–H groups in total. The lowest BCUT2D eigenvalue weighted by molar-refractivity contribution is 0.0975. The molecule has 0 aliphatic carbocycles. The van der Waals surface area contributed by atoms with Gasteiger partial charge in [0.15, 0.2) is 10.9 Å². The van der Waals surface area contributed by atoms with Crippen molar-refractivity contribution >= 4 is 51.5 Å². The van der Waals surface area contributed by atoms with Crippen LogP contribution in [-0.2, 0) is 0 Å². The summed E-state index contributed by atoms with van der Waals surface area (Å²) in [5, 5.41) is 9.36. The monoisotopic (exact) mass is 517 g/mol. The highest BCUT2D eigenvalue weighted by Gasteiger charge is 2.16. The Hall–Kier alpha value is -4.37. The molecule has 37 heavy (non-hydrogen) atoms. The van der Waals surface area contributed by atoms with Gasteiger partial charge in [-0.25, -0.2) is 0 Å². The zero-order valence-electron chi connectivity index (χ0n) is 20.7. The van der Waals surface area contributed by atoms with E-state index in [0.717, 1.165) is 11.8 Å². The zero-order chi connectivity index (χ0) is 26.4. The molecular weight excluding hydrogens is 490 g/mol. The third-order valence-corrected chi connectivity index (χ3v) is 5.82. The topological polar surface area (TPSA) is 102 Å². The molecule has 0 saturated heterocycles. The molecule has 0 saturated carbocycles. The molecule has 1 aromatic heterocycles. The van der Waals surface area contributed by atoms with Gasteiger partial charge in [0.1, 0.15) is 17.1 Å². The van der Waals surface area contributed by atoms with Gasteiger partial charge in [0.25, 0.3) is 11.8 Å². The van der Waals surface area contributed by atoms with Crippen LogP contribution in [0, 0.1) is 0 Å². The Morgan fingerprint density at radius 3 is 2.43 bits per heavy atom. The highest BCUT2D eigenvalue weighted by molar-refractivity contribution is 7.80. The third kappa shape index (κ3) is 6.45. The number of fused-ring (bicyclic) bond motifs is 1. The van der Waals surface area contributed by atoms with Crippen LogP contribution in [0.15, 0.2) is 77.2 Å².